The molecule has 0 aliphatic heterocycles. The molecule has 0 bridgehead atoms. The Hall–Kier alpha value is -3.42. The van der Waals surface area contributed by atoms with E-state index < -0.39 is 11.9 Å². The zero-order valence-electron chi connectivity index (χ0n) is 18.1. The van der Waals surface area contributed by atoms with E-state index in [0.29, 0.717) is 22.7 Å². The number of carbonyl (C=O) groups excluding carboxylic acids is 2. The molecule has 2 aromatic carbocycles. The lowest BCUT2D eigenvalue weighted by molar-refractivity contribution is 0.0377. The third kappa shape index (κ3) is 5.34. The van der Waals surface area contributed by atoms with E-state index in [4.69, 9.17) is 24.7 Å². The van der Waals surface area contributed by atoms with Gasteiger partial charge in [0, 0.05) is 0 Å². The van der Waals surface area contributed by atoms with Crippen LogP contribution in [0.3, 0.4) is 0 Å². The van der Waals surface area contributed by atoms with Crippen LogP contribution in [0.15, 0.2) is 30.3 Å². The number of nitrogens with one attached hydrogen (secondary N) is 1. The second-order valence-corrected chi connectivity index (χ2v) is 7.05. The van der Waals surface area contributed by atoms with Crippen LogP contribution in [-0.4, -0.2) is 38.3 Å². The van der Waals surface area contributed by atoms with Crippen LogP contribution in [0.5, 0.6) is 17.2 Å². The van der Waals surface area contributed by atoms with Crippen LogP contribution in [0.25, 0.3) is 0 Å². The highest BCUT2D eigenvalue weighted by Crippen LogP contribution is 2.37. The molecule has 0 aromatic heterocycles. The molecule has 0 unspecified atom stereocenters. The zero-order chi connectivity index (χ0) is 22.4. The molecule has 0 saturated carbocycles. The van der Waals surface area contributed by atoms with E-state index in [-0.39, 0.29) is 29.3 Å². The van der Waals surface area contributed by atoms with Gasteiger partial charge in [-0.1, -0.05) is 0 Å². The van der Waals surface area contributed by atoms with E-state index >= 15 is 0 Å². The van der Waals surface area contributed by atoms with Gasteiger partial charge in [-0.25, -0.2) is 4.79 Å². The lowest BCUT2D eigenvalue weighted by atomic mass is 10.1. The van der Waals surface area contributed by atoms with Crippen molar-refractivity contribution >= 4 is 23.3 Å². The summed E-state index contributed by atoms with van der Waals surface area (Å²) in [6.07, 6.45) is -0.428. The minimum Gasteiger partial charge on any atom is -0.492 e. The van der Waals surface area contributed by atoms with Gasteiger partial charge in [-0.3, -0.25) is 4.79 Å². The van der Waals surface area contributed by atoms with Gasteiger partial charge in [0.05, 0.1) is 48.9 Å². The van der Waals surface area contributed by atoms with Crippen molar-refractivity contribution in [2.24, 2.45) is 0 Å². The molecule has 0 fully saturated rings. The molecule has 0 aliphatic rings. The number of amides is 1. The Morgan fingerprint density at radius 2 is 1.60 bits per heavy atom. The molecule has 8 heteroatoms. The van der Waals surface area contributed by atoms with Crippen molar-refractivity contribution in [1.82, 2.24) is 0 Å². The highest BCUT2D eigenvalue weighted by atomic mass is 16.5. The maximum Gasteiger partial charge on any atom is 0.338 e. The van der Waals surface area contributed by atoms with E-state index in [2.05, 4.69) is 5.32 Å². The summed E-state index contributed by atoms with van der Waals surface area (Å²) in [5, 5.41) is 2.79. The van der Waals surface area contributed by atoms with Gasteiger partial charge in [-0.15, -0.1) is 0 Å². The molecular weight excluding hydrogens is 388 g/mol. The molecule has 0 spiro atoms. The number of rotatable bonds is 8. The number of methoxy groups -OCH3 is 2. The van der Waals surface area contributed by atoms with Gasteiger partial charge in [0.1, 0.15) is 5.75 Å². The van der Waals surface area contributed by atoms with Gasteiger partial charge in [0.15, 0.2) is 11.5 Å². The van der Waals surface area contributed by atoms with Crippen LogP contribution in [-0.2, 0) is 4.74 Å². The van der Waals surface area contributed by atoms with Crippen LogP contribution in [0, 0.1) is 0 Å². The highest BCUT2D eigenvalue weighted by Gasteiger charge is 2.21. The zero-order valence-corrected chi connectivity index (χ0v) is 18.1. The molecule has 0 radical (unpaired) electrons. The summed E-state index contributed by atoms with van der Waals surface area (Å²) in [4.78, 5) is 25.2. The second-order valence-electron chi connectivity index (χ2n) is 7.05. The molecule has 162 valence electrons. The Balaban J connectivity index is 2.39. The van der Waals surface area contributed by atoms with Gasteiger partial charge in [0.2, 0.25) is 0 Å². The van der Waals surface area contributed by atoms with Gasteiger partial charge in [-0.05, 0) is 58.0 Å². The minimum atomic E-state index is -0.471. The van der Waals surface area contributed by atoms with Crippen molar-refractivity contribution in [2.45, 2.75) is 39.9 Å². The van der Waals surface area contributed by atoms with Crippen molar-refractivity contribution in [3.05, 3.63) is 41.5 Å². The Kier molecular flexibility index (Phi) is 7.52. The summed E-state index contributed by atoms with van der Waals surface area (Å²) < 4.78 is 21.6. The third-order valence-electron chi connectivity index (χ3n) is 3.97. The molecule has 0 aliphatic carbocycles. The van der Waals surface area contributed by atoms with E-state index in [1.807, 2.05) is 13.8 Å². The van der Waals surface area contributed by atoms with Crippen LogP contribution >= 0.6 is 0 Å². The summed E-state index contributed by atoms with van der Waals surface area (Å²) in [5.41, 5.74) is 7.19. The molecule has 2 aromatic rings. The van der Waals surface area contributed by atoms with E-state index in [1.165, 1.54) is 14.2 Å². The summed E-state index contributed by atoms with van der Waals surface area (Å²) in [6.45, 7) is 7.23. The fourth-order valence-electron chi connectivity index (χ4n) is 2.75. The van der Waals surface area contributed by atoms with Crippen molar-refractivity contribution in [3.63, 3.8) is 0 Å². The molecule has 0 atom stereocenters. The lowest BCUT2D eigenvalue weighted by Gasteiger charge is -2.18. The van der Waals surface area contributed by atoms with Crippen LogP contribution < -0.4 is 25.3 Å². The number of nitrogens with two attached hydrogens (primary N) is 1. The van der Waals surface area contributed by atoms with Gasteiger partial charge in [-0.2, -0.15) is 0 Å². The Morgan fingerprint density at radius 1 is 0.933 bits per heavy atom. The Labute approximate surface area is 176 Å². The first kappa shape index (κ1) is 22.9. The Bertz CT molecular complexity index is 924. The largest absolute Gasteiger partial charge is 0.492 e. The summed E-state index contributed by atoms with van der Waals surface area (Å²) in [6, 6.07) is 7.80. The van der Waals surface area contributed by atoms with Crippen molar-refractivity contribution in [1.29, 1.82) is 0 Å². The number of esters is 1. The second kappa shape index (κ2) is 9.87. The first-order valence-electron chi connectivity index (χ1n) is 9.51. The Morgan fingerprint density at radius 3 is 2.17 bits per heavy atom. The normalized spacial score (nSPS) is 10.7. The molecule has 1 amide bonds. The third-order valence-corrected chi connectivity index (χ3v) is 3.97. The maximum atomic E-state index is 12.9. The average Bonchev–Trinajstić information content (AvgIpc) is 2.67. The first-order chi connectivity index (χ1) is 14.2. The SMILES string of the molecule is COc1c(N)ccc(C(=O)Nc2ccc(C(=O)OC(C)C)cc2OC(C)C)c1OC. The first-order valence-corrected chi connectivity index (χ1v) is 9.51. The van der Waals surface area contributed by atoms with Gasteiger partial charge in [0.25, 0.3) is 5.91 Å². The predicted molar refractivity (Wildman–Crippen MR) is 115 cm³/mol. The lowest BCUT2D eigenvalue weighted by Crippen LogP contribution is -2.17. The number of hydrogen-bond donors (Lipinski definition) is 2. The molecular formula is C22H28N2O6. The van der Waals surface area contributed by atoms with E-state index in [9.17, 15) is 9.59 Å². The molecule has 2 rings (SSSR count). The number of hydrogen-bond acceptors (Lipinski definition) is 7. The standard InChI is InChI=1S/C22H28N2O6/c1-12(2)29-18-11-14(22(26)30-13(3)4)7-10-17(18)24-21(25)15-8-9-16(23)20(28-6)19(15)27-5/h7-13H,23H2,1-6H3,(H,24,25). The van der Waals surface area contributed by atoms with Crippen molar-refractivity contribution < 1.29 is 28.5 Å². The molecule has 0 heterocycles. The number of ether oxygens (including phenoxy) is 4. The summed E-state index contributed by atoms with van der Waals surface area (Å²) in [5.74, 6) is -0.0790. The molecule has 0 saturated heterocycles. The number of anilines is 2. The number of nitrogen functional groups attached to an aromatic ring is 1. The number of carbonyl (C=O) groups is 2. The van der Waals surface area contributed by atoms with Crippen LogP contribution in [0.2, 0.25) is 0 Å². The van der Waals surface area contributed by atoms with E-state index in [1.54, 1.807) is 44.2 Å². The highest BCUT2D eigenvalue weighted by molar-refractivity contribution is 6.08. The van der Waals surface area contributed by atoms with Gasteiger partial charge >= 0.3 is 5.97 Å². The summed E-state index contributed by atoms with van der Waals surface area (Å²) >= 11 is 0. The molecule has 30 heavy (non-hydrogen) atoms. The van der Waals surface area contributed by atoms with Crippen molar-refractivity contribution in [2.75, 3.05) is 25.3 Å². The molecule has 3 N–H and O–H groups in total. The topological polar surface area (TPSA) is 109 Å². The maximum absolute atomic E-state index is 12.9. The number of benzene rings is 2. The van der Waals surface area contributed by atoms with Crippen molar-refractivity contribution in [3.8, 4) is 17.2 Å². The molecule has 8 nitrogen and oxygen atoms in total. The smallest absolute Gasteiger partial charge is 0.338 e. The van der Waals surface area contributed by atoms with Gasteiger partial charge < -0.3 is 30.0 Å². The average molecular weight is 416 g/mol. The van der Waals surface area contributed by atoms with Crippen LogP contribution in [0.1, 0.15) is 48.4 Å². The predicted octanol–water partition coefficient (Wildman–Crippen LogP) is 3.89. The van der Waals surface area contributed by atoms with Crippen LogP contribution in [0.4, 0.5) is 11.4 Å². The van der Waals surface area contributed by atoms with E-state index in [0.717, 1.165) is 0 Å². The minimum absolute atomic E-state index is 0.178. The summed E-state index contributed by atoms with van der Waals surface area (Å²) in [7, 11) is 2.87. The quantitative estimate of drug-likeness (QED) is 0.496. The fourth-order valence-corrected chi connectivity index (χ4v) is 2.75. The fraction of sp³-hybridized carbons (Fsp3) is 0.364. The monoisotopic (exact) mass is 416 g/mol.